The molecule has 0 spiro atoms. The number of alkyl halides is 2. The number of hydrogen-bond donors (Lipinski definition) is 1. The first kappa shape index (κ1) is 26.0. The number of nitrogens with zero attached hydrogens (tertiary/aromatic N) is 2. The van der Waals surface area contributed by atoms with Crippen LogP contribution in [0, 0.1) is 40.9 Å². The molecule has 0 aromatic rings. The maximum absolute atomic E-state index is 13.5. The zero-order chi connectivity index (χ0) is 25.2. The van der Waals surface area contributed by atoms with E-state index in [1.165, 1.54) is 10.6 Å². The van der Waals surface area contributed by atoms with Crippen molar-refractivity contribution in [2.75, 3.05) is 39.0 Å². The Morgan fingerprint density at radius 3 is 2.31 bits per heavy atom. The van der Waals surface area contributed by atoms with E-state index in [1.807, 2.05) is 0 Å². The smallest absolute Gasteiger partial charge is 0.266 e. The Balaban J connectivity index is 1.21. The van der Waals surface area contributed by atoms with Gasteiger partial charge in [-0.3, -0.25) is 9.69 Å². The van der Waals surface area contributed by atoms with Crippen LogP contribution in [0.15, 0.2) is 0 Å². The van der Waals surface area contributed by atoms with Gasteiger partial charge in [-0.15, -0.1) is 0 Å². The summed E-state index contributed by atoms with van der Waals surface area (Å²) in [4.78, 5) is 15.6. The van der Waals surface area contributed by atoms with Crippen LogP contribution in [0.5, 0.6) is 0 Å². The van der Waals surface area contributed by atoms with E-state index in [9.17, 15) is 27.1 Å². The molecule has 8 atom stereocenters. The molecule has 4 saturated carbocycles. The average molecular weight is 517 g/mol. The van der Waals surface area contributed by atoms with E-state index in [0.29, 0.717) is 68.6 Å². The SMILES string of the molecule is C[C@]12CC[C@H]3[C@@H](CC[C@@H]4C[C@@](O)(C(F)F)CC[C@@H]43)[C@@H]1CC[C@@H]2C(=O)CN1CCN(S(C)(=O)=O)CC1. The lowest BCUT2D eigenvalue weighted by molar-refractivity contribution is -0.160. The van der Waals surface area contributed by atoms with Crippen LogP contribution in [0.25, 0.3) is 0 Å². The second-order valence-electron chi connectivity index (χ2n) is 12.7. The molecule has 1 saturated heterocycles. The summed E-state index contributed by atoms with van der Waals surface area (Å²) in [7, 11) is -3.18. The Kier molecular flexibility index (Phi) is 6.89. The number of halogens is 2. The fourth-order valence-electron chi connectivity index (χ4n) is 9.19. The molecule has 9 heteroatoms. The van der Waals surface area contributed by atoms with E-state index in [1.54, 1.807) is 0 Å². The Morgan fingerprint density at radius 1 is 0.971 bits per heavy atom. The molecule has 6 nitrogen and oxygen atoms in total. The predicted octanol–water partition coefficient (Wildman–Crippen LogP) is 3.40. The van der Waals surface area contributed by atoms with Crippen LogP contribution in [0.2, 0.25) is 0 Å². The van der Waals surface area contributed by atoms with E-state index < -0.39 is 22.0 Å². The first-order valence-corrected chi connectivity index (χ1v) is 15.5. The summed E-state index contributed by atoms with van der Waals surface area (Å²) in [5, 5.41) is 10.4. The Morgan fingerprint density at radius 2 is 1.66 bits per heavy atom. The number of aliphatic hydroxyl groups is 1. The minimum Gasteiger partial charge on any atom is -0.384 e. The Hall–Kier alpha value is -0.640. The summed E-state index contributed by atoms with van der Waals surface area (Å²) in [5.41, 5.74) is -1.78. The van der Waals surface area contributed by atoms with Gasteiger partial charge in [-0.2, -0.15) is 4.31 Å². The van der Waals surface area contributed by atoms with Gasteiger partial charge in [-0.25, -0.2) is 17.2 Å². The van der Waals surface area contributed by atoms with Crippen molar-refractivity contribution in [1.82, 2.24) is 9.21 Å². The van der Waals surface area contributed by atoms with Crippen LogP contribution in [-0.2, 0) is 14.8 Å². The molecule has 0 aromatic carbocycles. The summed E-state index contributed by atoms with van der Waals surface area (Å²) in [6.45, 7) is 4.84. The van der Waals surface area contributed by atoms with Crippen LogP contribution < -0.4 is 0 Å². The van der Waals surface area contributed by atoms with Gasteiger partial charge in [0.25, 0.3) is 6.43 Å². The van der Waals surface area contributed by atoms with Crippen molar-refractivity contribution < 1.29 is 27.1 Å². The Bertz CT molecular complexity index is 924. The standard InChI is InChI=1S/C26H42F2N2O4S/c1-25-9-7-19-18-8-10-26(32,24(27)28)15-17(18)3-4-20(19)21(25)5-6-22(25)23(31)16-29-11-13-30(14-12-29)35(2,33)34/h17-22,24,32H,3-16H2,1-2H3/t17-,18+,19-,20-,21+,22-,25+,26-/m1/s1. The number of fused-ring (bicyclic) bond motifs is 5. The van der Waals surface area contributed by atoms with Crippen LogP contribution in [0.4, 0.5) is 8.78 Å². The van der Waals surface area contributed by atoms with E-state index in [0.717, 1.165) is 38.5 Å². The highest BCUT2D eigenvalue weighted by molar-refractivity contribution is 7.88. The van der Waals surface area contributed by atoms with Crippen molar-refractivity contribution in [2.45, 2.75) is 76.7 Å². The van der Waals surface area contributed by atoms with Crippen molar-refractivity contribution in [3.63, 3.8) is 0 Å². The largest absolute Gasteiger partial charge is 0.384 e. The van der Waals surface area contributed by atoms with Gasteiger partial charge in [-0.05, 0) is 92.8 Å². The highest BCUT2D eigenvalue weighted by atomic mass is 32.2. The Labute approximate surface area is 208 Å². The molecule has 4 aliphatic carbocycles. The monoisotopic (exact) mass is 516 g/mol. The van der Waals surface area contributed by atoms with Crippen LogP contribution in [-0.4, -0.2) is 79.5 Å². The number of hydrogen-bond acceptors (Lipinski definition) is 5. The lowest BCUT2D eigenvalue weighted by Crippen LogP contribution is -2.53. The van der Waals surface area contributed by atoms with Crippen molar-refractivity contribution >= 4 is 15.8 Å². The van der Waals surface area contributed by atoms with E-state index in [4.69, 9.17) is 0 Å². The fourth-order valence-corrected chi connectivity index (χ4v) is 10.0. The van der Waals surface area contributed by atoms with Gasteiger partial charge in [0.1, 0.15) is 11.4 Å². The molecule has 0 aromatic heterocycles. The molecule has 35 heavy (non-hydrogen) atoms. The molecule has 5 fully saturated rings. The summed E-state index contributed by atoms with van der Waals surface area (Å²) in [5.74, 6) is 2.67. The van der Waals surface area contributed by atoms with Crippen molar-refractivity contribution in [3.8, 4) is 0 Å². The molecule has 0 radical (unpaired) electrons. The first-order valence-electron chi connectivity index (χ1n) is 13.6. The van der Waals surface area contributed by atoms with Crippen LogP contribution in [0.3, 0.4) is 0 Å². The lowest BCUT2D eigenvalue weighted by Gasteiger charge is -2.57. The normalized spacial score (nSPS) is 45.1. The van der Waals surface area contributed by atoms with Gasteiger partial charge in [-0.1, -0.05) is 6.92 Å². The summed E-state index contributed by atoms with van der Waals surface area (Å²) >= 11 is 0. The molecule has 0 amide bonds. The number of carbonyl (C=O) groups excluding carboxylic acids is 1. The molecule has 200 valence electrons. The maximum atomic E-state index is 13.5. The quantitative estimate of drug-likeness (QED) is 0.606. The van der Waals surface area contributed by atoms with Crippen molar-refractivity contribution in [1.29, 1.82) is 0 Å². The van der Waals surface area contributed by atoms with Gasteiger partial charge >= 0.3 is 0 Å². The summed E-state index contributed by atoms with van der Waals surface area (Å²) in [6.07, 6.45) is 5.82. The zero-order valence-corrected chi connectivity index (χ0v) is 22.0. The van der Waals surface area contributed by atoms with Crippen molar-refractivity contribution in [2.24, 2.45) is 40.9 Å². The minimum atomic E-state index is -3.18. The lowest BCUT2D eigenvalue weighted by atomic mass is 9.49. The molecule has 0 bridgehead atoms. The highest BCUT2D eigenvalue weighted by Crippen LogP contribution is 2.64. The number of sulfonamides is 1. The second-order valence-corrected chi connectivity index (χ2v) is 14.6. The fraction of sp³-hybridized carbons (Fsp3) is 0.962. The molecule has 1 aliphatic heterocycles. The topological polar surface area (TPSA) is 77.9 Å². The van der Waals surface area contributed by atoms with Gasteiger partial charge in [0.2, 0.25) is 10.0 Å². The van der Waals surface area contributed by atoms with Crippen LogP contribution in [0.1, 0.15) is 64.7 Å². The third-order valence-corrected chi connectivity index (χ3v) is 12.3. The average Bonchev–Trinajstić information content (AvgIpc) is 3.15. The third kappa shape index (κ3) is 4.61. The number of carbonyl (C=O) groups is 1. The van der Waals surface area contributed by atoms with Gasteiger partial charge < -0.3 is 5.11 Å². The zero-order valence-electron chi connectivity index (χ0n) is 21.2. The molecule has 5 aliphatic rings. The van der Waals surface area contributed by atoms with Gasteiger partial charge in [0.15, 0.2) is 0 Å². The maximum Gasteiger partial charge on any atom is 0.266 e. The number of rotatable bonds is 5. The van der Waals surface area contributed by atoms with E-state index in [2.05, 4.69) is 11.8 Å². The van der Waals surface area contributed by atoms with Crippen molar-refractivity contribution in [3.05, 3.63) is 0 Å². The van der Waals surface area contributed by atoms with E-state index in [-0.39, 0.29) is 30.1 Å². The third-order valence-electron chi connectivity index (χ3n) is 11.0. The molecular weight excluding hydrogens is 474 g/mol. The molecule has 5 rings (SSSR count). The van der Waals surface area contributed by atoms with Gasteiger partial charge in [0, 0.05) is 32.1 Å². The molecule has 0 unspecified atom stereocenters. The van der Waals surface area contributed by atoms with Gasteiger partial charge in [0.05, 0.1) is 12.8 Å². The minimum absolute atomic E-state index is 0.0119. The number of ketones is 1. The molecular formula is C26H42F2N2O4S. The van der Waals surface area contributed by atoms with E-state index >= 15 is 0 Å². The number of Topliss-reactive ketones (excluding diaryl/α,β-unsaturated/α-hetero) is 1. The molecule has 1 N–H and O–H groups in total. The number of piperazine rings is 1. The molecule has 1 heterocycles. The second kappa shape index (κ2) is 9.28. The predicted molar refractivity (Wildman–Crippen MR) is 129 cm³/mol. The summed E-state index contributed by atoms with van der Waals surface area (Å²) in [6, 6.07) is 0. The highest BCUT2D eigenvalue weighted by Gasteiger charge is 2.59. The first-order chi connectivity index (χ1) is 16.4. The van der Waals surface area contributed by atoms with Crippen LogP contribution >= 0.6 is 0 Å². The summed E-state index contributed by atoms with van der Waals surface area (Å²) < 4.78 is 52.0.